The average molecular weight is 535 g/mol. The molecule has 0 saturated heterocycles. The summed E-state index contributed by atoms with van der Waals surface area (Å²) in [7, 11) is 0. The normalized spacial score (nSPS) is 15.6. The summed E-state index contributed by atoms with van der Waals surface area (Å²) in [4.78, 5) is 33.8. The second-order valence-corrected chi connectivity index (χ2v) is 10.3. The van der Waals surface area contributed by atoms with E-state index in [1.807, 2.05) is 61.5 Å². The molecule has 5 nitrogen and oxygen atoms in total. The molecule has 0 aliphatic carbocycles. The monoisotopic (exact) mass is 534 g/mol. The lowest BCUT2D eigenvalue weighted by Crippen LogP contribution is -2.31. The minimum Gasteiger partial charge on any atom is -0.503 e. The number of hydrogen-bond acceptors (Lipinski definition) is 5. The van der Waals surface area contributed by atoms with Crippen molar-refractivity contribution in [1.82, 2.24) is 4.98 Å². The van der Waals surface area contributed by atoms with Gasteiger partial charge in [-0.15, -0.1) is 11.3 Å². The Morgan fingerprint density at radius 1 is 0.972 bits per heavy atom. The number of thiazole rings is 1. The second-order valence-electron chi connectivity index (χ2n) is 8.45. The van der Waals surface area contributed by atoms with Crippen molar-refractivity contribution >= 4 is 51.9 Å². The lowest BCUT2D eigenvalue weighted by atomic mass is 9.92. The lowest BCUT2D eigenvalue weighted by molar-refractivity contribution is -0.117. The molecule has 0 spiro atoms. The number of amides is 1. The number of aryl methyl sites for hydroxylation is 2. The topological polar surface area (TPSA) is 70.5 Å². The van der Waals surface area contributed by atoms with E-state index < -0.39 is 23.5 Å². The van der Waals surface area contributed by atoms with Crippen molar-refractivity contribution in [3.05, 3.63) is 116 Å². The third kappa shape index (κ3) is 4.22. The van der Waals surface area contributed by atoms with E-state index >= 15 is 0 Å². The van der Waals surface area contributed by atoms with Crippen LogP contribution in [0.25, 0.3) is 10.6 Å². The molecule has 1 aliphatic rings. The highest BCUT2D eigenvalue weighted by Gasteiger charge is 2.46. The number of Topliss-reactive ketones (excluding diaryl/α,β-unsaturated/α-hetero) is 1. The fraction of sp³-hybridized carbons (Fsp3) is 0.107. The molecule has 0 fully saturated rings. The molecule has 4 aromatic rings. The van der Waals surface area contributed by atoms with E-state index in [4.69, 9.17) is 23.2 Å². The highest BCUT2D eigenvalue weighted by atomic mass is 35.5. The molecule has 0 saturated carbocycles. The van der Waals surface area contributed by atoms with Gasteiger partial charge in [-0.2, -0.15) is 0 Å². The number of rotatable bonds is 5. The largest absolute Gasteiger partial charge is 0.503 e. The first-order valence-corrected chi connectivity index (χ1v) is 12.7. The maximum atomic E-state index is 14.0. The van der Waals surface area contributed by atoms with Gasteiger partial charge < -0.3 is 5.11 Å². The number of anilines is 1. The number of nitrogens with zero attached hydrogens (tertiary/aromatic N) is 2. The van der Waals surface area contributed by atoms with Crippen molar-refractivity contribution < 1.29 is 14.7 Å². The van der Waals surface area contributed by atoms with Crippen LogP contribution in [0.5, 0.6) is 0 Å². The van der Waals surface area contributed by atoms with Gasteiger partial charge >= 0.3 is 0 Å². The highest BCUT2D eigenvalue weighted by Crippen LogP contribution is 2.45. The molecule has 2 heterocycles. The molecule has 0 bridgehead atoms. The first-order valence-electron chi connectivity index (χ1n) is 11.1. The molecule has 1 N–H and O–H groups in total. The van der Waals surface area contributed by atoms with E-state index in [0.29, 0.717) is 36.9 Å². The number of carbonyl (C=O) groups is 2. The molecule has 180 valence electrons. The summed E-state index contributed by atoms with van der Waals surface area (Å²) in [5.41, 5.74) is 3.36. The Morgan fingerprint density at radius 2 is 1.61 bits per heavy atom. The molecular weight excluding hydrogens is 515 g/mol. The van der Waals surface area contributed by atoms with E-state index in [2.05, 4.69) is 4.98 Å². The number of benzene rings is 3. The predicted molar refractivity (Wildman–Crippen MR) is 144 cm³/mol. The SMILES string of the molecule is Cc1ccccc1C1C(C(=O)c2sc(-c3ccccc3)nc2C)=C(O)C(=O)N1c1cc(Cl)cc(Cl)c1. The summed E-state index contributed by atoms with van der Waals surface area (Å²) in [5, 5.41) is 12.4. The zero-order valence-corrected chi connectivity index (χ0v) is 21.7. The van der Waals surface area contributed by atoms with Crippen molar-refractivity contribution in [2.45, 2.75) is 19.9 Å². The summed E-state index contributed by atoms with van der Waals surface area (Å²) in [6.45, 7) is 3.65. The van der Waals surface area contributed by atoms with Gasteiger partial charge in [-0.1, -0.05) is 77.8 Å². The fourth-order valence-corrected chi connectivity index (χ4v) is 5.94. The first kappa shape index (κ1) is 24.3. The summed E-state index contributed by atoms with van der Waals surface area (Å²) >= 11 is 13.7. The Morgan fingerprint density at radius 3 is 2.28 bits per heavy atom. The van der Waals surface area contributed by atoms with Crippen molar-refractivity contribution in [2.24, 2.45) is 0 Å². The molecule has 1 atom stereocenters. The van der Waals surface area contributed by atoms with E-state index in [1.165, 1.54) is 16.2 Å². The highest BCUT2D eigenvalue weighted by molar-refractivity contribution is 7.17. The molecular formula is C28H20Cl2N2O3S. The van der Waals surface area contributed by atoms with Crippen LogP contribution in [-0.2, 0) is 4.79 Å². The summed E-state index contributed by atoms with van der Waals surface area (Å²) < 4.78 is 0. The van der Waals surface area contributed by atoms with Gasteiger partial charge in [-0.3, -0.25) is 14.5 Å². The van der Waals surface area contributed by atoms with Crippen molar-refractivity contribution in [3.63, 3.8) is 0 Å². The number of aliphatic hydroxyl groups excluding tert-OH is 1. The van der Waals surface area contributed by atoms with Crippen LogP contribution in [0.3, 0.4) is 0 Å². The van der Waals surface area contributed by atoms with Gasteiger partial charge in [0.05, 0.1) is 22.2 Å². The van der Waals surface area contributed by atoms with Gasteiger partial charge in [0.2, 0.25) is 5.78 Å². The molecule has 0 radical (unpaired) electrons. The molecule has 1 unspecified atom stereocenters. The fourth-order valence-electron chi connectivity index (χ4n) is 4.40. The van der Waals surface area contributed by atoms with Crippen LogP contribution in [0.15, 0.2) is 84.1 Å². The predicted octanol–water partition coefficient (Wildman–Crippen LogP) is 7.52. The number of aliphatic hydroxyl groups is 1. The van der Waals surface area contributed by atoms with Gasteiger partial charge in [-0.25, -0.2) is 4.98 Å². The van der Waals surface area contributed by atoms with Gasteiger partial charge in [0, 0.05) is 21.3 Å². The third-order valence-electron chi connectivity index (χ3n) is 6.08. The van der Waals surface area contributed by atoms with Gasteiger partial charge in [0.25, 0.3) is 5.91 Å². The standard InChI is InChI=1S/C28H20Cl2N2O3S/c1-15-8-6-7-11-21(15)23-22(25(34)28(35)32(23)20-13-18(29)12-19(30)14-20)24(33)26-16(2)31-27(36-26)17-9-4-3-5-10-17/h3-14,23,34H,1-2H3. The van der Waals surface area contributed by atoms with Crippen LogP contribution in [0.4, 0.5) is 5.69 Å². The van der Waals surface area contributed by atoms with Crippen LogP contribution in [0, 0.1) is 13.8 Å². The quantitative estimate of drug-likeness (QED) is 0.269. The summed E-state index contributed by atoms with van der Waals surface area (Å²) in [6, 6.07) is 20.9. The molecule has 1 aliphatic heterocycles. The Balaban J connectivity index is 1.67. The van der Waals surface area contributed by atoms with E-state index in [1.54, 1.807) is 25.1 Å². The Hall–Kier alpha value is -3.45. The second kappa shape index (κ2) is 9.54. The average Bonchev–Trinajstić information content (AvgIpc) is 3.36. The number of aromatic nitrogens is 1. The molecule has 8 heteroatoms. The first-order chi connectivity index (χ1) is 17.3. The van der Waals surface area contributed by atoms with Crippen molar-refractivity contribution in [1.29, 1.82) is 0 Å². The molecule has 3 aromatic carbocycles. The zero-order valence-electron chi connectivity index (χ0n) is 19.3. The van der Waals surface area contributed by atoms with Gasteiger partial charge in [0.1, 0.15) is 5.01 Å². The van der Waals surface area contributed by atoms with Crippen LogP contribution in [0.2, 0.25) is 10.0 Å². The molecule has 36 heavy (non-hydrogen) atoms. The minimum absolute atomic E-state index is 0.00300. The van der Waals surface area contributed by atoms with Crippen LogP contribution >= 0.6 is 34.5 Å². The maximum absolute atomic E-state index is 14.0. The number of halogens is 2. The minimum atomic E-state index is -0.873. The van der Waals surface area contributed by atoms with E-state index in [0.717, 1.165) is 11.1 Å². The zero-order chi connectivity index (χ0) is 25.6. The van der Waals surface area contributed by atoms with Crippen LogP contribution < -0.4 is 4.90 Å². The van der Waals surface area contributed by atoms with Gasteiger partial charge in [-0.05, 0) is 43.2 Å². The summed E-state index contributed by atoms with van der Waals surface area (Å²) in [5.74, 6) is -1.74. The number of carbonyl (C=O) groups excluding carboxylic acids is 2. The molecule has 1 amide bonds. The number of ketones is 1. The van der Waals surface area contributed by atoms with Crippen LogP contribution in [0.1, 0.15) is 32.5 Å². The smallest absolute Gasteiger partial charge is 0.294 e. The van der Waals surface area contributed by atoms with Gasteiger partial charge in [0.15, 0.2) is 5.76 Å². The maximum Gasteiger partial charge on any atom is 0.294 e. The number of hydrogen-bond donors (Lipinski definition) is 1. The van der Waals surface area contributed by atoms with E-state index in [9.17, 15) is 14.7 Å². The Labute approximate surface area is 222 Å². The van der Waals surface area contributed by atoms with E-state index in [-0.39, 0.29) is 5.57 Å². The van der Waals surface area contributed by atoms with Crippen LogP contribution in [-0.4, -0.2) is 21.8 Å². The Kier molecular flexibility index (Phi) is 6.43. The lowest BCUT2D eigenvalue weighted by Gasteiger charge is -2.28. The molecule has 1 aromatic heterocycles. The molecule has 5 rings (SSSR count). The Bertz CT molecular complexity index is 1530. The van der Waals surface area contributed by atoms with Crippen molar-refractivity contribution in [3.8, 4) is 10.6 Å². The third-order valence-corrected chi connectivity index (χ3v) is 7.73. The summed E-state index contributed by atoms with van der Waals surface area (Å²) in [6.07, 6.45) is 0. The van der Waals surface area contributed by atoms with Crippen molar-refractivity contribution in [2.75, 3.05) is 4.90 Å².